The molecule has 3 aromatic rings. The first-order valence-electron chi connectivity index (χ1n) is 12.5. The highest BCUT2D eigenvalue weighted by atomic mass is 32.1. The molecule has 2 N–H and O–H groups in total. The molecule has 0 saturated carbocycles. The van der Waals surface area contributed by atoms with E-state index in [1.54, 1.807) is 28.6 Å². The molecule has 44 heavy (non-hydrogen) atoms. The topological polar surface area (TPSA) is 142 Å². The van der Waals surface area contributed by atoms with Gasteiger partial charge in [-0.1, -0.05) is 23.5 Å². The third-order valence-electron chi connectivity index (χ3n) is 5.22. The molecule has 3 heterocycles. The number of rotatable bonds is 4. The summed E-state index contributed by atoms with van der Waals surface area (Å²) in [6.45, 7) is 7.81. The summed E-state index contributed by atoms with van der Waals surface area (Å²) in [5, 5.41) is 15.2. The first kappa shape index (κ1) is 35.8. The van der Waals surface area contributed by atoms with Crippen LogP contribution in [0.25, 0.3) is 10.2 Å². The van der Waals surface area contributed by atoms with Gasteiger partial charge in [-0.25, -0.2) is 19.4 Å². The van der Waals surface area contributed by atoms with Gasteiger partial charge in [0.15, 0.2) is 5.13 Å². The van der Waals surface area contributed by atoms with Crippen LogP contribution in [0.3, 0.4) is 0 Å². The van der Waals surface area contributed by atoms with Gasteiger partial charge < -0.3 is 29.5 Å². The number of hydrogen-bond donors (Lipinski definition) is 2. The van der Waals surface area contributed by atoms with Crippen molar-refractivity contribution >= 4 is 44.7 Å². The number of aliphatic carboxylic acids is 2. The summed E-state index contributed by atoms with van der Waals surface area (Å²) >= 11 is 1.66. The molecule has 0 aliphatic carbocycles. The van der Waals surface area contributed by atoms with Crippen molar-refractivity contribution in [1.29, 1.82) is 0 Å². The smallest absolute Gasteiger partial charge is 0.490 e. The van der Waals surface area contributed by atoms with Gasteiger partial charge in [0, 0.05) is 25.8 Å². The Bertz CT molecular complexity index is 1340. The van der Waals surface area contributed by atoms with Crippen LogP contribution < -0.4 is 9.64 Å². The van der Waals surface area contributed by atoms with Crippen LogP contribution in [0.4, 0.5) is 36.3 Å². The van der Waals surface area contributed by atoms with E-state index in [-0.39, 0.29) is 12.1 Å². The number of benzene rings is 1. The Hall–Kier alpha value is -4.35. The number of carboxylic acid groups (broad SMARTS) is 2. The lowest BCUT2D eigenvalue weighted by Gasteiger charge is -2.41. The van der Waals surface area contributed by atoms with Crippen molar-refractivity contribution in [2.24, 2.45) is 0 Å². The van der Waals surface area contributed by atoms with Crippen LogP contribution in [0.5, 0.6) is 5.75 Å². The van der Waals surface area contributed by atoms with Crippen molar-refractivity contribution in [3.63, 3.8) is 0 Å². The lowest BCUT2D eigenvalue weighted by Crippen LogP contribution is -2.57. The van der Waals surface area contributed by atoms with Crippen LogP contribution in [0.15, 0.2) is 48.8 Å². The summed E-state index contributed by atoms with van der Waals surface area (Å²) < 4.78 is 76.2. The van der Waals surface area contributed by atoms with E-state index < -0.39 is 29.9 Å². The minimum absolute atomic E-state index is 0.0490. The van der Waals surface area contributed by atoms with E-state index in [4.69, 9.17) is 34.3 Å². The molecule has 1 amide bonds. The molecule has 242 valence electrons. The highest BCUT2D eigenvalue weighted by Gasteiger charge is 2.39. The normalized spacial score (nSPS) is 15.3. The number of carbonyl (C=O) groups is 3. The third-order valence-corrected chi connectivity index (χ3v) is 6.30. The van der Waals surface area contributed by atoms with Gasteiger partial charge in [-0.05, 0) is 45.0 Å². The van der Waals surface area contributed by atoms with Crippen molar-refractivity contribution in [2.75, 3.05) is 31.1 Å². The van der Waals surface area contributed by atoms with Crippen molar-refractivity contribution in [3.8, 4) is 5.75 Å². The predicted molar refractivity (Wildman–Crippen MR) is 146 cm³/mol. The molecule has 0 radical (unpaired) electrons. The van der Waals surface area contributed by atoms with Crippen molar-refractivity contribution in [2.45, 2.75) is 44.8 Å². The molecule has 0 spiro atoms. The van der Waals surface area contributed by atoms with E-state index in [0.29, 0.717) is 32.0 Å². The quantitative estimate of drug-likeness (QED) is 0.348. The van der Waals surface area contributed by atoms with Gasteiger partial charge in [-0.3, -0.25) is 4.98 Å². The number of halogens is 6. The summed E-state index contributed by atoms with van der Waals surface area (Å²) in [7, 11) is 0. The highest BCUT2D eigenvalue weighted by molar-refractivity contribution is 7.22. The van der Waals surface area contributed by atoms with Crippen LogP contribution >= 0.6 is 11.3 Å². The number of fused-ring (bicyclic) bond motifs is 1. The van der Waals surface area contributed by atoms with Gasteiger partial charge in [0.05, 0.1) is 22.5 Å². The number of piperazine rings is 1. The molecule has 1 saturated heterocycles. The lowest BCUT2D eigenvalue weighted by molar-refractivity contribution is -0.193. The lowest BCUT2D eigenvalue weighted by atomic mass is 10.2. The second-order valence-electron chi connectivity index (χ2n) is 9.84. The summed E-state index contributed by atoms with van der Waals surface area (Å²) in [5.74, 6) is -4.81. The summed E-state index contributed by atoms with van der Waals surface area (Å²) in [6.07, 6.45) is -7.06. The SMILES string of the molecule is CC(C)(C)OC(=O)N1CCN(c2nc3ccccc3s2)C(COc2cccnc2)C1.O=C(O)C(F)(F)F.O=C(O)C(F)(F)F. The fraction of sp³-hybridized carbons (Fsp3) is 0.423. The molecule has 1 unspecified atom stereocenters. The Balaban J connectivity index is 0.000000402. The molecule has 4 rings (SSSR count). The van der Waals surface area contributed by atoms with E-state index in [0.717, 1.165) is 15.3 Å². The number of thiazole rings is 1. The maximum atomic E-state index is 12.6. The fourth-order valence-electron chi connectivity index (χ4n) is 3.35. The second kappa shape index (κ2) is 14.9. The maximum Gasteiger partial charge on any atom is 0.490 e. The summed E-state index contributed by atoms with van der Waals surface area (Å²) in [4.78, 5) is 43.3. The van der Waals surface area contributed by atoms with Gasteiger partial charge in [0.1, 0.15) is 18.0 Å². The van der Waals surface area contributed by atoms with Gasteiger partial charge in [-0.2, -0.15) is 26.3 Å². The first-order chi connectivity index (χ1) is 20.3. The minimum Gasteiger partial charge on any atom is -0.490 e. The zero-order valence-corrected chi connectivity index (χ0v) is 24.2. The third kappa shape index (κ3) is 11.7. The molecule has 1 aliphatic heterocycles. The molecule has 1 aromatic carbocycles. The average Bonchev–Trinajstić information content (AvgIpc) is 3.35. The first-order valence-corrected chi connectivity index (χ1v) is 13.3. The standard InChI is InChI=1S/C22H26N4O3S.2C2HF3O2/c1-22(2,3)29-21(27)25-11-12-26(20-24-18-8-4-5-9-19(18)30-20)16(14-25)15-28-17-7-6-10-23-13-17;2*3-2(4,5)1(6)7/h4-10,13,16H,11-12,14-15H2,1-3H3;2*(H,6,7). The molecule has 1 atom stereocenters. The number of aromatic nitrogens is 2. The summed E-state index contributed by atoms with van der Waals surface area (Å²) in [6, 6.07) is 11.8. The molecule has 1 fully saturated rings. The van der Waals surface area contributed by atoms with E-state index in [9.17, 15) is 31.1 Å². The van der Waals surface area contributed by atoms with E-state index >= 15 is 0 Å². The number of nitrogens with zero attached hydrogens (tertiary/aromatic N) is 4. The van der Waals surface area contributed by atoms with Crippen LogP contribution in [-0.2, 0) is 14.3 Å². The summed E-state index contributed by atoms with van der Waals surface area (Å²) in [5.41, 5.74) is 0.460. The number of ether oxygens (including phenoxy) is 2. The Kier molecular flexibility index (Phi) is 12.1. The van der Waals surface area contributed by atoms with Gasteiger partial charge >= 0.3 is 30.4 Å². The molecule has 1 aliphatic rings. The van der Waals surface area contributed by atoms with Crippen LogP contribution in [0.1, 0.15) is 20.8 Å². The molecular formula is C26H28F6N4O7S. The number of carbonyl (C=O) groups excluding carboxylic acids is 1. The molecular weight excluding hydrogens is 626 g/mol. The number of alkyl halides is 6. The molecule has 2 aromatic heterocycles. The zero-order valence-electron chi connectivity index (χ0n) is 23.4. The van der Waals surface area contributed by atoms with E-state index in [1.165, 1.54) is 0 Å². The van der Waals surface area contributed by atoms with Gasteiger partial charge in [0.2, 0.25) is 0 Å². The number of amides is 1. The number of para-hydroxylation sites is 1. The van der Waals surface area contributed by atoms with Crippen molar-refractivity contribution in [3.05, 3.63) is 48.8 Å². The van der Waals surface area contributed by atoms with Gasteiger partial charge in [-0.15, -0.1) is 0 Å². The number of carboxylic acids is 2. The molecule has 0 bridgehead atoms. The second-order valence-corrected chi connectivity index (χ2v) is 10.9. The minimum atomic E-state index is -5.08. The molecule has 18 heteroatoms. The number of pyridine rings is 1. The Morgan fingerprint density at radius 3 is 2.05 bits per heavy atom. The number of anilines is 1. The largest absolute Gasteiger partial charge is 0.490 e. The van der Waals surface area contributed by atoms with Crippen LogP contribution in [0, 0.1) is 0 Å². The van der Waals surface area contributed by atoms with Crippen LogP contribution in [0.2, 0.25) is 0 Å². The zero-order chi connectivity index (χ0) is 33.3. The van der Waals surface area contributed by atoms with Crippen molar-refractivity contribution in [1.82, 2.24) is 14.9 Å². The predicted octanol–water partition coefficient (Wildman–Crippen LogP) is 5.46. The average molecular weight is 655 g/mol. The fourth-order valence-corrected chi connectivity index (χ4v) is 4.41. The Morgan fingerprint density at radius 1 is 0.955 bits per heavy atom. The highest BCUT2D eigenvalue weighted by Crippen LogP contribution is 2.31. The monoisotopic (exact) mass is 654 g/mol. The van der Waals surface area contributed by atoms with E-state index in [1.807, 2.05) is 51.1 Å². The number of hydrogen-bond acceptors (Lipinski definition) is 9. The van der Waals surface area contributed by atoms with Gasteiger partial charge in [0.25, 0.3) is 0 Å². The Labute approximate surface area is 250 Å². The Morgan fingerprint density at radius 2 is 1.55 bits per heavy atom. The van der Waals surface area contributed by atoms with E-state index in [2.05, 4.69) is 16.0 Å². The van der Waals surface area contributed by atoms with Crippen LogP contribution in [-0.4, -0.2) is 93.3 Å². The molecule has 11 nitrogen and oxygen atoms in total. The van der Waals surface area contributed by atoms with Crippen molar-refractivity contribution < 1.29 is 60.4 Å². The maximum absolute atomic E-state index is 12.6.